The maximum absolute atomic E-state index is 13.0. The van der Waals surface area contributed by atoms with Crippen LogP contribution in [0.25, 0.3) is 0 Å². The molecule has 4 nitrogen and oxygen atoms in total. The number of benzene rings is 1. The third kappa shape index (κ3) is 3.22. The molecule has 1 aromatic carbocycles. The van der Waals surface area contributed by atoms with Gasteiger partial charge in [0, 0.05) is 32.4 Å². The number of hydrogen-bond acceptors (Lipinski definition) is 3. The van der Waals surface area contributed by atoms with E-state index in [1.807, 2.05) is 0 Å². The topological polar surface area (TPSA) is 49.6 Å². The molecule has 0 bridgehead atoms. The molecule has 20 heavy (non-hydrogen) atoms. The standard InChI is InChI=1S/C13H16F3N3O/c1-18-4-5-19(8-12(18)20)7-9-2-3-10(17)6-11(9)13(14,15)16/h2-3,6H,4-5,7-8,17H2,1H3. The van der Waals surface area contributed by atoms with Crippen molar-refractivity contribution < 1.29 is 18.0 Å². The van der Waals surface area contributed by atoms with Crippen molar-refractivity contribution in [1.29, 1.82) is 0 Å². The van der Waals surface area contributed by atoms with Crippen LogP contribution in [0.2, 0.25) is 0 Å². The highest BCUT2D eigenvalue weighted by Gasteiger charge is 2.34. The molecule has 1 aromatic rings. The molecule has 110 valence electrons. The number of nitrogen functional groups attached to an aromatic ring is 1. The maximum Gasteiger partial charge on any atom is 0.416 e. The lowest BCUT2D eigenvalue weighted by Crippen LogP contribution is -2.48. The second kappa shape index (κ2) is 5.32. The molecule has 0 aromatic heterocycles. The number of piperazine rings is 1. The Morgan fingerprint density at radius 1 is 1.30 bits per heavy atom. The Kier molecular flexibility index (Phi) is 3.89. The summed E-state index contributed by atoms with van der Waals surface area (Å²) in [5.41, 5.74) is 4.91. The molecule has 0 aliphatic carbocycles. The monoisotopic (exact) mass is 287 g/mol. The van der Waals surface area contributed by atoms with Crippen molar-refractivity contribution in [1.82, 2.24) is 9.80 Å². The second-order valence-electron chi connectivity index (χ2n) is 4.94. The first kappa shape index (κ1) is 14.6. The summed E-state index contributed by atoms with van der Waals surface area (Å²) in [7, 11) is 1.68. The molecule has 2 rings (SSSR count). The number of carbonyl (C=O) groups is 1. The zero-order valence-corrected chi connectivity index (χ0v) is 11.1. The van der Waals surface area contributed by atoms with Crippen molar-refractivity contribution in [3.8, 4) is 0 Å². The van der Waals surface area contributed by atoms with Gasteiger partial charge in [0.1, 0.15) is 0 Å². The van der Waals surface area contributed by atoms with Gasteiger partial charge in [-0.15, -0.1) is 0 Å². The molecule has 0 atom stereocenters. The van der Waals surface area contributed by atoms with Crippen molar-refractivity contribution in [2.45, 2.75) is 12.7 Å². The Bertz CT molecular complexity index is 516. The number of nitrogens with zero attached hydrogens (tertiary/aromatic N) is 2. The van der Waals surface area contributed by atoms with Gasteiger partial charge in [-0.2, -0.15) is 13.2 Å². The fourth-order valence-corrected chi connectivity index (χ4v) is 2.18. The lowest BCUT2D eigenvalue weighted by molar-refractivity contribution is -0.138. The summed E-state index contributed by atoms with van der Waals surface area (Å²) in [6.45, 7) is 1.31. The Balaban J connectivity index is 2.19. The number of hydrogen-bond donors (Lipinski definition) is 1. The van der Waals surface area contributed by atoms with Gasteiger partial charge in [-0.1, -0.05) is 6.07 Å². The minimum absolute atomic E-state index is 0.0792. The summed E-state index contributed by atoms with van der Waals surface area (Å²) in [5.74, 6) is -0.0831. The molecular formula is C13H16F3N3O. The van der Waals surface area contributed by atoms with Crippen LogP contribution >= 0.6 is 0 Å². The van der Waals surface area contributed by atoms with Gasteiger partial charge in [-0.05, 0) is 17.7 Å². The summed E-state index contributed by atoms with van der Waals surface area (Å²) in [6.07, 6.45) is -4.44. The number of alkyl halides is 3. The summed E-state index contributed by atoms with van der Waals surface area (Å²) in [6, 6.07) is 3.76. The van der Waals surface area contributed by atoms with Gasteiger partial charge in [0.15, 0.2) is 0 Å². The zero-order chi connectivity index (χ0) is 14.9. The van der Waals surface area contributed by atoms with E-state index in [2.05, 4.69) is 0 Å². The first-order valence-corrected chi connectivity index (χ1v) is 6.19. The van der Waals surface area contributed by atoms with Gasteiger partial charge >= 0.3 is 6.18 Å². The van der Waals surface area contributed by atoms with E-state index >= 15 is 0 Å². The van der Waals surface area contributed by atoms with Crippen LogP contribution < -0.4 is 5.73 Å². The molecule has 0 saturated carbocycles. The molecule has 7 heteroatoms. The average molecular weight is 287 g/mol. The summed E-state index contributed by atoms with van der Waals surface area (Å²) in [4.78, 5) is 14.9. The number of amides is 1. The summed E-state index contributed by atoms with van der Waals surface area (Å²) in [5, 5.41) is 0. The van der Waals surface area contributed by atoms with Crippen LogP contribution in [0, 0.1) is 0 Å². The average Bonchev–Trinajstić information content (AvgIpc) is 2.35. The van der Waals surface area contributed by atoms with Crippen LogP contribution in [0.3, 0.4) is 0 Å². The first-order valence-electron chi connectivity index (χ1n) is 6.19. The van der Waals surface area contributed by atoms with E-state index < -0.39 is 11.7 Å². The van der Waals surface area contributed by atoms with Crippen LogP contribution in [0.15, 0.2) is 18.2 Å². The largest absolute Gasteiger partial charge is 0.416 e. The molecule has 1 amide bonds. The molecule has 0 radical (unpaired) electrons. The van der Waals surface area contributed by atoms with Crippen molar-refractivity contribution in [2.24, 2.45) is 0 Å². The molecule has 0 unspecified atom stereocenters. The number of likely N-dealkylation sites (N-methyl/N-ethyl adjacent to an activating group) is 1. The summed E-state index contributed by atoms with van der Waals surface area (Å²) < 4.78 is 38.9. The quantitative estimate of drug-likeness (QED) is 0.840. The van der Waals surface area contributed by atoms with Crippen molar-refractivity contribution in [2.75, 3.05) is 32.4 Å². The molecule has 0 spiro atoms. The predicted molar refractivity (Wildman–Crippen MR) is 68.8 cm³/mol. The van der Waals surface area contributed by atoms with E-state index in [4.69, 9.17) is 5.73 Å². The molecule has 1 saturated heterocycles. The number of nitrogens with two attached hydrogens (primary N) is 1. The van der Waals surface area contributed by atoms with E-state index in [-0.39, 0.29) is 30.2 Å². The fraction of sp³-hybridized carbons (Fsp3) is 0.462. The first-order chi connectivity index (χ1) is 9.27. The lowest BCUT2D eigenvalue weighted by atomic mass is 10.1. The molecule has 1 aliphatic rings. The second-order valence-corrected chi connectivity index (χ2v) is 4.94. The van der Waals surface area contributed by atoms with Gasteiger partial charge in [-0.3, -0.25) is 9.69 Å². The predicted octanol–water partition coefficient (Wildman–Crippen LogP) is 1.56. The van der Waals surface area contributed by atoms with Crippen molar-refractivity contribution in [3.05, 3.63) is 29.3 Å². The highest BCUT2D eigenvalue weighted by atomic mass is 19.4. The SMILES string of the molecule is CN1CCN(Cc2ccc(N)cc2C(F)(F)F)CC1=O. The number of anilines is 1. The maximum atomic E-state index is 13.0. The number of rotatable bonds is 2. The van der Waals surface area contributed by atoms with Crippen LogP contribution in [-0.2, 0) is 17.5 Å². The van der Waals surface area contributed by atoms with E-state index in [0.717, 1.165) is 6.07 Å². The van der Waals surface area contributed by atoms with Crippen molar-refractivity contribution in [3.63, 3.8) is 0 Å². The molecular weight excluding hydrogens is 271 g/mol. The van der Waals surface area contributed by atoms with Crippen LogP contribution in [0.5, 0.6) is 0 Å². The van der Waals surface area contributed by atoms with Gasteiger partial charge in [0.2, 0.25) is 5.91 Å². The van der Waals surface area contributed by atoms with E-state index in [1.165, 1.54) is 12.1 Å². The zero-order valence-electron chi connectivity index (χ0n) is 11.1. The highest BCUT2D eigenvalue weighted by Crippen LogP contribution is 2.34. The molecule has 1 aliphatic heterocycles. The van der Waals surface area contributed by atoms with Crippen LogP contribution in [-0.4, -0.2) is 42.4 Å². The Hall–Kier alpha value is -1.76. The highest BCUT2D eigenvalue weighted by molar-refractivity contribution is 5.78. The molecule has 1 heterocycles. The van der Waals surface area contributed by atoms with E-state index in [0.29, 0.717) is 13.1 Å². The van der Waals surface area contributed by atoms with Gasteiger partial charge < -0.3 is 10.6 Å². The smallest absolute Gasteiger partial charge is 0.399 e. The molecule has 1 fully saturated rings. The lowest BCUT2D eigenvalue weighted by Gasteiger charge is -2.32. The van der Waals surface area contributed by atoms with Crippen LogP contribution in [0.4, 0.5) is 18.9 Å². The van der Waals surface area contributed by atoms with Crippen LogP contribution in [0.1, 0.15) is 11.1 Å². The Morgan fingerprint density at radius 3 is 2.60 bits per heavy atom. The summed E-state index contributed by atoms with van der Waals surface area (Å²) >= 11 is 0. The van der Waals surface area contributed by atoms with Gasteiger partial charge in [0.05, 0.1) is 12.1 Å². The van der Waals surface area contributed by atoms with Crippen molar-refractivity contribution >= 4 is 11.6 Å². The Labute approximate surface area is 114 Å². The molecule has 2 N–H and O–H groups in total. The minimum Gasteiger partial charge on any atom is -0.399 e. The normalized spacial score (nSPS) is 17.6. The van der Waals surface area contributed by atoms with E-state index in [9.17, 15) is 18.0 Å². The Morgan fingerprint density at radius 2 is 2.00 bits per heavy atom. The number of carbonyl (C=O) groups excluding carboxylic acids is 1. The third-order valence-electron chi connectivity index (χ3n) is 3.37. The third-order valence-corrected chi connectivity index (χ3v) is 3.37. The fourth-order valence-electron chi connectivity index (χ4n) is 2.18. The minimum atomic E-state index is -4.44. The van der Waals surface area contributed by atoms with E-state index in [1.54, 1.807) is 16.8 Å². The number of halogens is 3. The van der Waals surface area contributed by atoms with Gasteiger partial charge in [-0.25, -0.2) is 0 Å². The van der Waals surface area contributed by atoms with Gasteiger partial charge in [0.25, 0.3) is 0 Å².